The fraction of sp³-hybridized carbons (Fsp3) is 0.368. The molecule has 0 spiro atoms. The third-order valence-electron chi connectivity index (χ3n) is 4.60. The highest BCUT2D eigenvalue weighted by Gasteiger charge is 2.28. The first-order valence-electron chi connectivity index (χ1n) is 8.69. The van der Waals surface area contributed by atoms with E-state index in [-0.39, 0.29) is 5.92 Å². The van der Waals surface area contributed by atoms with Crippen LogP contribution in [0.3, 0.4) is 0 Å². The van der Waals surface area contributed by atoms with E-state index in [9.17, 15) is 0 Å². The lowest BCUT2D eigenvalue weighted by molar-refractivity contribution is 0.319. The molecule has 134 valence electrons. The largest absolute Gasteiger partial charge is 0.497 e. The molecule has 1 aliphatic heterocycles. The average molecular weight is 351 g/mol. The van der Waals surface area contributed by atoms with Gasteiger partial charge in [-0.15, -0.1) is 10.2 Å². The van der Waals surface area contributed by atoms with Gasteiger partial charge in [-0.1, -0.05) is 12.1 Å². The van der Waals surface area contributed by atoms with Crippen LogP contribution in [-0.2, 0) is 6.54 Å². The molecule has 1 aliphatic rings. The van der Waals surface area contributed by atoms with Crippen LogP contribution >= 0.6 is 0 Å². The molecule has 3 heterocycles. The summed E-state index contributed by atoms with van der Waals surface area (Å²) in [4.78, 5) is 10.9. The van der Waals surface area contributed by atoms with Gasteiger partial charge in [0.1, 0.15) is 11.4 Å². The molecule has 2 aromatic heterocycles. The Bertz CT molecular complexity index is 878. The molecule has 0 saturated carbocycles. The number of methoxy groups -OCH3 is 1. The molecule has 0 bridgehead atoms. The second-order valence-electron chi connectivity index (χ2n) is 6.56. The Morgan fingerprint density at radius 3 is 2.96 bits per heavy atom. The summed E-state index contributed by atoms with van der Waals surface area (Å²) in [5.41, 5.74) is 2.71. The molecule has 1 atom stereocenters. The van der Waals surface area contributed by atoms with E-state index in [1.807, 2.05) is 19.1 Å². The van der Waals surface area contributed by atoms with Gasteiger partial charge >= 0.3 is 0 Å². The number of ether oxygens (including phenoxy) is 1. The van der Waals surface area contributed by atoms with Crippen molar-refractivity contribution in [2.24, 2.45) is 0 Å². The minimum Gasteiger partial charge on any atom is -0.497 e. The van der Waals surface area contributed by atoms with E-state index in [1.165, 1.54) is 5.56 Å². The minimum atomic E-state index is 0.250. The van der Waals surface area contributed by atoms with Crippen LogP contribution in [0.1, 0.15) is 29.5 Å². The Balaban J connectivity index is 1.41. The van der Waals surface area contributed by atoms with Gasteiger partial charge in [0, 0.05) is 19.3 Å². The Morgan fingerprint density at radius 2 is 2.15 bits per heavy atom. The van der Waals surface area contributed by atoms with E-state index in [0.717, 1.165) is 37.5 Å². The number of likely N-dealkylation sites (tertiary alicyclic amines) is 1. The maximum absolute atomic E-state index is 5.86. The Morgan fingerprint density at radius 1 is 1.23 bits per heavy atom. The molecule has 0 amide bonds. The molecule has 7 nitrogen and oxygen atoms in total. The summed E-state index contributed by atoms with van der Waals surface area (Å²) in [6, 6.07) is 8.18. The number of hydrogen-bond acceptors (Lipinski definition) is 7. The van der Waals surface area contributed by atoms with E-state index >= 15 is 0 Å². The quantitative estimate of drug-likeness (QED) is 0.699. The number of aryl methyl sites for hydroxylation is 1. The highest BCUT2D eigenvalue weighted by Crippen LogP contribution is 2.29. The van der Waals surface area contributed by atoms with Crippen LogP contribution in [0.4, 0.5) is 0 Å². The molecule has 0 unspecified atom stereocenters. The van der Waals surface area contributed by atoms with Crippen LogP contribution in [0.15, 0.2) is 41.1 Å². The predicted molar refractivity (Wildman–Crippen MR) is 95.7 cm³/mol. The number of aromatic nitrogens is 4. The third-order valence-corrected chi connectivity index (χ3v) is 4.60. The molecule has 1 aromatic carbocycles. The van der Waals surface area contributed by atoms with E-state index in [1.54, 1.807) is 19.5 Å². The van der Waals surface area contributed by atoms with Crippen molar-refractivity contribution in [1.82, 2.24) is 25.1 Å². The number of hydrogen-bond donors (Lipinski definition) is 0. The highest BCUT2D eigenvalue weighted by atomic mass is 16.5. The fourth-order valence-electron chi connectivity index (χ4n) is 3.21. The highest BCUT2D eigenvalue weighted by molar-refractivity contribution is 5.43. The summed E-state index contributed by atoms with van der Waals surface area (Å²) < 4.78 is 11.2. The van der Waals surface area contributed by atoms with Crippen LogP contribution in [0, 0.1) is 6.92 Å². The zero-order valence-corrected chi connectivity index (χ0v) is 14.9. The van der Waals surface area contributed by atoms with Crippen molar-refractivity contribution in [3.05, 3.63) is 53.8 Å². The molecular weight excluding hydrogens is 330 g/mol. The molecule has 4 rings (SSSR count). The zero-order chi connectivity index (χ0) is 17.9. The summed E-state index contributed by atoms with van der Waals surface area (Å²) in [6.07, 6.45) is 4.37. The molecule has 0 aliphatic carbocycles. The lowest BCUT2D eigenvalue weighted by atomic mass is 10.1. The molecule has 1 saturated heterocycles. The van der Waals surface area contributed by atoms with Gasteiger partial charge in [0.2, 0.25) is 5.89 Å². The van der Waals surface area contributed by atoms with Crippen LogP contribution in [0.25, 0.3) is 11.6 Å². The van der Waals surface area contributed by atoms with Gasteiger partial charge in [0.25, 0.3) is 5.89 Å². The standard InChI is InChI=1S/C19H21N5O2/c1-13-9-21-17(10-20-13)19-23-22-18(26-19)15-6-7-24(12-15)11-14-4-3-5-16(8-14)25-2/h3-5,8-10,15H,6-7,11-12H2,1-2H3/t15-/m0/s1. The van der Waals surface area contributed by atoms with E-state index in [0.29, 0.717) is 17.5 Å². The van der Waals surface area contributed by atoms with Gasteiger partial charge < -0.3 is 9.15 Å². The van der Waals surface area contributed by atoms with Crippen molar-refractivity contribution >= 4 is 0 Å². The van der Waals surface area contributed by atoms with Crippen LogP contribution in [0.2, 0.25) is 0 Å². The van der Waals surface area contributed by atoms with Crippen LogP contribution in [0.5, 0.6) is 5.75 Å². The van der Waals surface area contributed by atoms with E-state index in [4.69, 9.17) is 9.15 Å². The molecule has 3 aromatic rings. The summed E-state index contributed by atoms with van der Waals surface area (Å²) in [6.45, 7) is 4.69. The molecule has 7 heteroatoms. The maximum Gasteiger partial charge on any atom is 0.267 e. The number of benzene rings is 1. The molecule has 26 heavy (non-hydrogen) atoms. The topological polar surface area (TPSA) is 77.2 Å². The number of rotatable bonds is 5. The summed E-state index contributed by atoms with van der Waals surface area (Å²) in [5, 5.41) is 8.37. The second-order valence-corrected chi connectivity index (χ2v) is 6.56. The summed E-state index contributed by atoms with van der Waals surface area (Å²) in [5.74, 6) is 2.24. The Hall–Kier alpha value is -2.80. The summed E-state index contributed by atoms with van der Waals surface area (Å²) in [7, 11) is 1.69. The normalized spacial score (nSPS) is 17.5. The second kappa shape index (κ2) is 7.21. The van der Waals surface area contributed by atoms with Gasteiger partial charge in [0.05, 0.1) is 24.9 Å². The maximum atomic E-state index is 5.86. The summed E-state index contributed by atoms with van der Waals surface area (Å²) >= 11 is 0. The minimum absolute atomic E-state index is 0.250. The van der Waals surface area contributed by atoms with Gasteiger partial charge in [0.15, 0.2) is 0 Å². The van der Waals surface area contributed by atoms with Gasteiger partial charge in [-0.3, -0.25) is 9.88 Å². The smallest absolute Gasteiger partial charge is 0.267 e. The lowest BCUT2D eigenvalue weighted by Crippen LogP contribution is -2.19. The monoisotopic (exact) mass is 351 g/mol. The molecule has 0 radical (unpaired) electrons. The predicted octanol–water partition coefficient (Wildman–Crippen LogP) is 2.83. The van der Waals surface area contributed by atoms with Crippen molar-refractivity contribution in [1.29, 1.82) is 0 Å². The van der Waals surface area contributed by atoms with Crippen LogP contribution < -0.4 is 4.74 Å². The van der Waals surface area contributed by atoms with E-state index in [2.05, 4.69) is 37.2 Å². The van der Waals surface area contributed by atoms with Crippen molar-refractivity contribution in [3.63, 3.8) is 0 Å². The van der Waals surface area contributed by atoms with Crippen molar-refractivity contribution in [2.75, 3.05) is 20.2 Å². The molecule has 0 N–H and O–H groups in total. The van der Waals surface area contributed by atoms with Crippen molar-refractivity contribution < 1.29 is 9.15 Å². The molecule has 1 fully saturated rings. The first-order valence-corrected chi connectivity index (χ1v) is 8.69. The first kappa shape index (κ1) is 16.7. The Labute approximate surface area is 152 Å². The average Bonchev–Trinajstić information content (AvgIpc) is 3.32. The van der Waals surface area contributed by atoms with Gasteiger partial charge in [-0.25, -0.2) is 4.98 Å². The molecular formula is C19H21N5O2. The lowest BCUT2D eigenvalue weighted by Gasteiger charge is -2.15. The first-order chi connectivity index (χ1) is 12.7. The van der Waals surface area contributed by atoms with E-state index < -0.39 is 0 Å². The third kappa shape index (κ3) is 3.57. The van der Waals surface area contributed by atoms with Crippen molar-refractivity contribution in [3.8, 4) is 17.3 Å². The zero-order valence-electron chi connectivity index (χ0n) is 14.9. The fourth-order valence-corrected chi connectivity index (χ4v) is 3.21. The van der Waals surface area contributed by atoms with Crippen molar-refractivity contribution in [2.45, 2.75) is 25.8 Å². The SMILES string of the molecule is COc1cccc(CN2CC[C@H](c3nnc(-c4cnc(C)cn4)o3)C2)c1. The Kier molecular flexibility index (Phi) is 4.62. The van der Waals surface area contributed by atoms with Gasteiger partial charge in [-0.2, -0.15) is 0 Å². The van der Waals surface area contributed by atoms with Crippen LogP contribution in [-0.4, -0.2) is 45.3 Å². The van der Waals surface area contributed by atoms with Gasteiger partial charge in [-0.05, 0) is 37.6 Å². The number of nitrogens with zero attached hydrogens (tertiary/aromatic N) is 5.